The van der Waals surface area contributed by atoms with Crippen LogP contribution in [0.5, 0.6) is 0 Å². The number of aryl methyl sites for hydroxylation is 3. The van der Waals surface area contributed by atoms with Crippen molar-refractivity contribution in [1.29, 1.82) is 0 Å². The molecule has 0 unspecified atom stereocenters. The van der Waals surface area contributed by atoms with Gasteiger partial charge in [0.15, 0.2) is 5.11 Å². The summed E-state index contributed by atoms with van der Waals surface area (Å²) in [5.41, 5.74) is 9.50. The van der Waals surface area contributed by atoms with Crippen LogP contribution < -0.4 is 10.2 Å². The Hall–Kier alpha value is -3.44. The summed E-state index contributed by atoms with van der Waals surface area (Å²) in [6.07, 6.45) is 2.87. The van der Waals surface area contributed by atoms with Gasteiger partial charge < -0.3 is 14.8 Å². The molecular formula is C29H30N4S. The lowest BCUT2D eigenvalue weighted by molar-refractivity contribution is 0.565. The van der Waals surface area contributed by atoms with Gasteiger partial charge in [-0.25, -0.2) is 0 Å². The fourth-order valence-electron chi connectivity index (χ4n) is 5.02. The molecule has 0 aliphatic carbocycles. The molecule has 172 valence electrons. The molecule has 1 aliphatic heterocycles. The van der Waals surface area contributed by atoms with Crippen LogP contribution in [0.15, 0.2) is 79.0 Å². The molecule has 1 aliphatic rings. The van der Waals surface area contributed by atoms with Crippen molar-refractivity contribution < 1.29 is 0 Å². The quantitative estimate of drug-likeness (QED) is 0.339. The average molecular weight is 467 g/mol. The van der Waals surface area contributed by atoms with Crippen LogP contribution in [0.2, 0.25) is 0 Å². The van der Waals surface area contributed by atoms with Gasteiger partial charge in [-0.15, -0.1) is 0 Å². The number of pyridine rings is 1. The highest BCUT2D eigenvalue weighted by molar-refractivity contribution is 7.80. The number of hydrogen-bond donors (Lipinski definition) is 1. The van der Waals surface area contributed by atoms with Crippen LogP contribution in [-0.4, -0.2) is 14.7 Å². The van der Waals surface area contributed by atoms with Crippen LogP contribution in [-0.2, 0) is 6.42 Å². The number of hydrogen-bond acceptors (Lipinski definition) is 2. The third kappa shape index (κ3) is 3.90. The zero-order chi connectivity index (χ0) is 23.8. The monoisotopic (exact) mass is 466 g/mol. The minimum absolute atomic E-state index is 0.0136. The number of nitrogens with zero attached hydrogens (tertiary/aromatic N) is 3. The third-order valence-corrected chi connectivity index (χ3v) is 7.12. The normalized spacial score (nSPS) is 17.8. The van der Waals surface area contributed by atoms with Gasteiger partial charge in [-0.3, -0.25) is 4.98 Å². The molecule has 0 amide bonds. The highest BCUT2D eigenvalue weighted by Gasteiger charge is 2.42. The van der Waals surface area contributed by atoms with E-state index in [1.807, 2.05) is 18.3 Å². The zero-order valence-corrected chi connectivity index (χ0v) is 20.9. The van der Waals surface area contributed by atoms with E-state index < -0.39 is 0 Å². The highest BCUT2D eigenvalue weighted by Crippen LogP contribution is 2.43. The molecule has 2 aromatic heterocycles. The van der Waals surface area contributed by atoms with Crippen LogP contribution in [0.4, 0.5) is 5.69 Å². The molecule has 5 rings (SSSR count). The first-order valence-corrected chi connectivity index (χ1v) is 12.2. The summed E-state index contributed by atoms with van der Waals surface area (Å²) in [5, 5.41) is 4.31. The molecule has 5 heteroatoms. The zero-order valence-electron chi connectivity index (χ0n) is 20.1. The second kappa shape index (κ2) is 9.07. The van der Waals surface area contributed by atoms with Crippen molar-refractivity contribution in [2.75, 3.05) is 4.90 Å². The smallest absolute Gasteiger partial charge is 0.174 e. The van der Waals surface area contributed by atoms with E-state index in [1.165, 1.54) is 33.8 Å². The highest BCUT2D eigenvalue weighted by atomic mass is 32.1. The maximum atomic E-state index is 5.91. The van der Waals surface area contributed by atoms with Crippen LogP contribution >= 0.6 is 12.2 Å². The van der Waals surface area contributed by atoms with Crippen LogP contribution in [0, 0.1) is 20.8 Å². The largest absolute Gasteiger partial charge is 0.351 e. The Morgan fingerprint density at radius 1 is 0.912 bits per heavy atom. The maximum Gasteiger partial charge on any atom is 0.174 e. The van der Waals surface area contributed by atoms with E-state index in [2.05, 4.69) is 103 Å². The summed E-state index contributed by atoms with van der Waals surface area (Å²) in [6.45, 7) is 8.68. The second-order valence-electron chi connectivity index (χ2n) is 9.01. The van der Waals surface area contributed by atoms with Crippen molar-refractivity contribution in [1.82, 2.24) is 14.9 Å². The Morgan fingerprint density at radius 3 is 2.26 bits per heavy atom. The molecule has 2 atom stereocenters. The summed E-state index contributed by atoms with van der Waals surface area (Å²) in [7, 11) is 0. The van der Waals surface area contributed by atoms with Crippen molar-refractivity contribution in [3.8, 4) is 5.69 Å². The molecular weight excluding hydrogens is 436 g/mol. The van der Waals surface area contributed by atoms with Gasteiger partial charge in [0.25, 0.3) is 0 Å². The minimum Gasteiger partial charge on any atom is -0.351 e. The first-order valence-electron chi connectivity index (χ1n) is 11.8. The Labute approximate surface area is 207 Å². The van der Waals surface area contributed by atoms with E-state index >= 15 is 0 Å². The van der Waals surface area contributed by atoms with E-state index in [4.69, 9.17) is 17.2 Å². The van der Waals surface area contributed by atoms with Crippen LogP contribution in [0.25, 0.3) is 5.69 Å². The van der Waals surface area contributed by atoms with E-state index in [9.17, 15) is 0 Å². The molecule has 0 saturated carbocycles. The van der Waals surface area contributed by atoms with Crippen molar-refractivity contribution >= 4 is 23.0 Å². The molecule has 34 heavy (non-hydrogen) atoms. The Bertz CT molecular complexity index is 1310. The molecule has 0 spiro atoms. The molecule has 0 bridgehead atoms. The molecule has 4 nitrogen and oxygen atoms in total. The van der Waals surface area contributed by atoms with Gasteiger partial charge in [0.1, 0.15) is 0 Å². The van der Waals surface area contributed by atoms with Gasteiger partial charge in [-0.05, 0) is 93.0 Å². The summed E-state index contributed by atoms with van der Waals surface area (Å²) >= 11 is 5.91. The number of thiocarbonyl (C=S) groups is 1. The van der Waals surface area contributed by atoms with Gasteiger partial charge in [0.2, 0.25) is 0 Å². The fourth-order valence-corrected chi connectivity index (χ4v) is 5.37. The van der Waals surface area contributed by atoms with Crippen molar-refractivity contribution in [3.05, 3.63) is 113 Å². The van der Waals surface area contributed by atoms with Crippen molar-refractivity contribution in [2.45, 2.75) is 46.2 Å². The van der Waals surface area contributed by atoms with E-state index in [0.29, 0.717) is 0 Å². The molecule has 2 aromatic carbocycles. The van der Waals surface area contributed by atoms with Crippen molar-refractivity contribution in [2.24, 2.45) is 0 Å². The topological polar surface area (TPSA) is 33.1 Å². The summed E-state index contributed by atoms with van der Waals surface area (Å²) in [4.78, 5) is 6.96. The number of aromatic nitrogens is 2. The Morgan fingerprint density at radius 2 is 1.62 bits per heavy atom. The first-order chi connectivity index (χ1) is 16.5. The summed E-state index contributed by atoms with van der Waals surface area (Å²) in [5.74, 6) is 0. The van der Waals surface area contributed by atoms with Crippen LogP contribution in [0.1, 0.15) is 52.8 Å². The van der Waals surface area contributed by atoms with E-state index in [-0.39, 0.29) is 12.1 Å². The predicted octanol–water partition coefficient (Wildman–Crippen LogP) is 6.54. The van der Waals surface area contributed by atoms with Gasteiger partial charge in [-0.1, -0.05) is 42.8 Å². The summed E-state index contributed by atoms with van der Waals surface area (Å²) in [6, 6.07) is 25.8. The molecule has 4 aromatic rings. The fraction of sp³-hybridized carbons (Fsp3) is 0.241. The first kappa shape index (κ1) is 22.4. The van der Waals surface area contributed by atoms with Gasteiger partial charge in [-0.2, -0.15) is 0 Å². The molecule has 3 heterocycles. The SMILES string of the molecule is CCc1ccc(N2C(=S)N[C@@H](c3ccccn3)[C@H]2c2cc(C)n(-c3ccc(C)cc3)c2C)cc1. The van der Waals surface area contributed by atoms with Crippen LogP contribution in [0.3, 0.4) is 0 Å². The Kier molecular flexibility index (Phi) is 5.96. The lowest BCUT2D eigenvalue weighted by Gasteiger charge is -2.28. The number of nitrogens with one attached hydrogen (secondary N) is 1. The maximum absolute atomic E-state index is 5.91. The van der Waals surface area contributed by atoms with Gasteiger partial charge in [0, 0.05) is 29.0 Å². The second-order valence-corrected chi connectivity index (χ2v) is 9.40. The van der Waals surface area contributed by atoms with E-state index in [1.54, 1.807) is 0 Å². The molecule has 1 saturated heterocycles. The lowest BCUT2D eigenvalue weighted by atomic mass is 9.96. The third-order valence-electron chi connectivity index (χ3n) is 6.80. The van der Waals surface area contributed by atoms with Gasteiger partial charge >= 0.3 is 0 Å². The van der Waals surface area contributed by atoms with Crippen molar-refractivity contribution in [3.63, 3.8) is 0 Å². The van der Waals surface area contributed by atoms with Gasteiger partial charge in [0.05, 0.1) is 17.8 Å². The summed E-state index contributed by atoms with van der Waals surface area (Å²) < 4.78 is 2.34. The minimum atomic E-state index is -0.0495. The average Bonchev–Trinajstić information content (AvgIpc) is 3.35. The van der Waals surface area contributed by atoms with E-state index in [0.717, 1.165) is 22.9 Å². The molecule has 1 N–H and O–H groups in total. The predicted molar refractivity (Wildman–Crippen MR) is 144 cm³/mol. The Balaban J connectivity index is 1.66. The number of benzene rings is 2. The standard InChI is InChI=1S/C29H30N4S/c1-5-22-11-15-24(16-12-22)33-28(27(31-29(33)34)26-8-6-7-17-30-26)25-18-20(3)32(21(25)4)23-13-9-19(2)10-14-23/h6-18,27-28H,5H2,1-4H3,(H,31,34)/t27-,28+/m0/s1. The lowest BCUT2D eigenvalue weighted by Crippen LogP contribution is -2.29. The number of rotatable bonds is 5. The molecule has 0 radical (unpaired) electrons. The molecule has 1 fully saturated rings. The number of anilines is 1.